The van der Waals surface area contributed by atoms with Crippen LogP contribution in [0.3, 0.4) is 0 Å². The summed E-state index contributed by atoms with van der Waals surface area (Å²) < 4.78 is 0. The smallest absolute Gasteiger partial charge is 0.0224 e. The zero-order valence-corrected chi connectivity index (χ0v) is 13.6. The van der Waals surface area contributed by atoms with Gasteiger partial charge in [-0.3, -0.25) is 0 Å². The van der Waals surface area contributed by atoms with Crippen LogP contribution in [0.1, 0.15) is 51.4 Å². The molecular weight excluding hydrogens is 264 g/mol. The molecule has 0 aliphatic heterocycles. The first-order valence-electron chi connectivity index (χ1n) is 10.8. The second kappa shape index (κ2) is 2.68. The molecule has 0 heterocycles. The van der Waals surface area contributed by atoms with Gasteiger partial charge in [-0.1, -0.05) is 0 Å². The molecule has 14 atom stereocenters. The molecule has 0 aromatic rings. The van der Waals surface area contributed by atoms with Gasteiger partial charge >= 0.3 is 0 Å². The van der Waals surface area contributed by atoms with Gasteiger partial charge in [0, 0.05) is 0 Å². The maximum Gasteiger partial charge on any atom is -0.0224 e. The van der Waals surface area contributed by atoms with E-state index >= 15 is 0 Å². The summed E-state index contributed by atoms with van der Waals surface area (Å²) in [5.41, 5.74) is 1.88. The first-order chi connectivity index (χ1) is 10.8. The van der Waals surface area contributed by atoms with E-state index in [1.165, 1.54) is 71.0 Å². The Morgan fingerprint density at radius 2 is 0.773 bits per heavy atom. The summed E-state index contributed by atoms with van der Waals surface area (Å²) in [7, 11) is 0. The molecule has 116 valence electrons. The molecule has 13 aliphatic carbocycles. The molecule has 0 saturated heterocycles. The van der Waals surface area contributed by atoms with Gasteiger partial charge in [-0.15, -0.1) is 0 Å². The van der Waals surface area contributed by atoms with Gasteiger partial charge in [0.05, 0.1) is 0 Å². The Hall–Kier alpha value is 0. The van der Waals surface area contributed by atoms with Crippen LogP contribution in [0.2, 0.25) is 0 Å². The summed E-state index contributed by atoms with van der Waals surface area (Å²) >= 11 is 0. The lowest BCUT2D eigenvalue weighted by molar-refractivity contribution is -0.431. The molecule has 13 aliphatic rings. The van der Waals surface area contributed by atoms with Gasteiger partial charge in [-0.05, 0) is 133 Å². The van der Waals surface area contributed by atoms with Crippen LogP contribution < -0.4 is 0 Å². The van der Waals surface area contributed by atoms with Crippen LogP contribution in [0.5, 0.6) is 0 Å². The van der Waals surface area contributed by atoms with Crippen molar-refractivity contribution >= 4 is 0 Å². The lowest BCUT2D eigenvalue weighted by Gasteiger charge is -2.91. The summed E-state index contributed by atoms with van der Waals surface area (Å²) in [6, 6.07) is 0. The molecule has 14 bridgehead atoms. The molecule has 0 heteroatoms. The van der Waals surface area contributed by atoms with Gasteiger partial charge in [-0.25, -0.2) is 0 Å². The van der Waals surface area contributed by atoms with E-state index < -0.39 is 0 Å². The summed E-state index contributed by atoms with van der Waals surface area (Å²) in [5.74, 6) is 14.9. The standard InChI is InChI=1S/C22H28/c1-9-2-12-15-7-22-6-10-3-13-16-8-21(5-9,17(11(1)15)18(13)22)19(12)20(22)14(16)4-10/h9-20H,1-8H2/t9?,10?,11-,12+,13+,14-,15?,16?,17+,18-,19-,20+,21?,22?. The molecule has 0 aromatic carbocycles. The minimum atomic E-state index is 0.939. The van der Waals surface area contributed by atoms with Crippen LogP contribution in [-0.4, -0.2) is 0 Å². The van der Waals surface area contributed by atoms with Gasteiger partial charge in [0.1, 0.15) is 0 Å². The summed E-state index contributed by atoms with van der Waals surface area (Å²) in [6.45, 7) is 0. The largest absolute Gasteiger partial charge is 0.0470 e. The number of hydrogen-bond acceptors (Lipinski definition) is 0. The SMILES string of the molecule is C1C2C[C@H]3C4CC56CC7C[C@@H]8C9CC(C2)([C@H]([C@H]5[C@H]9C7)[C@H]14)[C@H]3[C@H]86. The van der Waals surface area contributed by atoms with E-state index in [-0.39, 0.29) is 0 Å². The molecule has 0 amide bonds. The van der Waals surface area contributed by atoms with Crippen molar-refractivity contribution in [3.63, 3.8) is 0 Å². The van der Waals surface area contributed by atoms with Crippen molar-refractivity contribution in [2.45, 2.75) is 51.4 Å². The number of rotatable bonds is 0. The first-order valence-corrected chi connectivity index (χ1v) is 10.8. The predicted molar refractivity (Wildman–Crippen MR) is 83.7 cm³/mol. The molecule has 13 saturated carbocycles. The normalized spacial score (nSPS) is 85.1. The van der Waals surface area contributed by atoms with E-state index in [9.17, 15) is 0 Å². The Balaban J connectivity index is 1.43. The Labute approximate surface area is 133 Å². The fourth-order valence-electron chi connectivity index (χ4n) is 13.5. The van der Waals surface area contributed by atoms with Crippen molar-refractivity contribution in [2.24, 2.45) is 81.8 Å². The molecule has 13 fully saturated rings. The molecule has 6 unspecified atom stereocenters. The average molecular weight is 292 g/mol. The zero-order valence-electron chi connectivity index (χ0n) is 13.6. The lowest BCUT2D eigenvalue weighted by atomic mass is 9.13. The molecular formula is C22H28. The third kappa shape index (κ3) is 0.722. The molecule has 13 rings (SSSR count). The molecule has 0 nitrogen and oxygen atoms in total. The van der Waals surface area contributed by atoms with E-state index in [4.69, 9.17) is 0 Å². The van der Waals surface area contributed by atoms with Crippen molar-refractivity contribution in [3.05, 3.63) is 0 Å². The fraction of sp³-hybridized carbons (Fsp3) is 1.00. The van der Waals surface area contributed by atoms with Gasteiger partial charge < -0.3 is 0 Å². The van der Waals surface area contributed by atoms with E-state index in [1.807, 2.05) is 0 Å². The Morgan fingerprint density at radius 3 is 1.14 bits per heavy atom. The zero-order chi connectivity index (χ0) is 13.6. The Morgan fingerprint density at radius 1 is 0.409 bits per heavy atom. The van der Waals surface area contributed by atoms with E-state index in [0.717, 1.165) is 10.8 Å². The maximum atomic E-state index is 1.75. The quantitative estimate of drug-likeness (QED) is 0.612. The highest BCUT2D eigenvalue weighted by Crippen LogP contribution is 2.92. The van der Waals surface area contributed by atoms with Gasteiger partial charge in [-0.2, -0.15) is 0 Å². The van der Waals surface area contributed by atoms with Crippen LogP contribution in [0.25, 0.3) is 0 Å². The van der Waals surface area contributed by atoms with Crippen molar-refractivity contribution in [1.29, 1.82) is 0 Å². The molecule has 0 aromatic heterocycles. The monoisotopic (exact) mass is 292 g/mol. The molecule has 2 spiro atoms. The highest BCUT2D eigenvalue weighted by atomic mass is 14.9. The van der Waals surface area contributed by atoms with Crippen LogP contribution in [0.15, 0.2) is 0 Å². The summed E-state index contributed by atoms with van der Waals surface area (Å²) in [5, 5.41) is 0. The molecule has 22 heavy (non-hydrogen) atoms. The molecule has 0 N–H and O–H groups in total. The van der Waals surface area contributed by atoms with Gasteiger partial charge in [0.15, 0.2) is 0 Å². The minimum Gasteiger partial charge on any atom is -0.0470 e. The van der Waals surface area contributed by atoms with E-state index in [1.54, 1.807) is 51.4 Å². The van der Waals surface area contributed by atoms with Crippen molar-refractivity contribution in [2.75, 3.05) is 0 Å². The fourth-order valence-corrected chi connectivity index (χ4v) is 13.5. The van der Waals surface area contributed by atoms with Crippen LogP contribution in [-0.2, 0) is 0 Å². The van der Waals surface area contributed by atoms with Crippen LogP contribution >= 0.6 is 0 Å². The Bertz CT molecular complexity index is 550. The first kappa shape index (κ1) is 10.8. The van der Waals surface area contributed by atoms with Crippen molar-refractivity contribution < 1.29 is 0 Å². The maximum absolute atomic E-state index is 1.75. The topological polar surface area (TPSA) is 0 Å². The van der Waals surface area contributed by atoms with Crippen LogP contribution in [0, 0.1) is 81.8 Å². The van der Waals surface area contributed by atoms with Crippen LogP contribution in [0.4, 0.5) is 0 Å². The third-order valence-corrected chi connectivity index (χ3v) is 12.5. The summed E-state index contributed by atoms with van der Waals surface area (Å²) in [4.78, 5) is 0. The number of hydrogen-bond donors (Lipinski definition) is 0. The minimum absolute atomic E-state index is 0.939. The van der Waals surface area contributed by atoms with E-state index in [2.05, 4.69) is 0 Å². The summed E-state index contributed by atoms with van der Waals surface area (Å²) in [6.07, 6.45) is 13.7. The highest BCUT2D eigenvalue weighted by Gasteiger charge is 2.86. The average Bonchev–Trinajstić information content (AvgIpc) is 2.52. The van der Waals surface area contributed by atoms with Crippen molar-refractivity contribution in [3.8, 4) is 0 Å². The third-order valence-electron chi connectivity index (χ3n) is 12.5. The van der Waals surface area contributed by atoms with Crippen molar-refractivity contribution in [1.82, 2.24) is 0 Å². The second-order valence-corrected chi connectivity index (χ2v) is 12.0. The van der Waals surface area contributed by atoms with E-state index in [0.29, 0.717) is 0 Å². The van der Waals surface area contributed by atoms with Gasteiger partial charge in [0.25, 0.3) is 0 Å². The second-order valence-electron chi connectivity index (χ2n) is 12.0. The lowest BCUT2D eigenvalue weighted by Crippen LogP contribution is -2.85. The van der Waals surface area contributed by atoms with Gasteiger partial charge in [0.2, 0.25) is 0 Å². The highest BCUT2D eigenvalue weighted by molar-refractivity contribution is 5.34. The Kier molecular flexibility index (Phi) is 1.31. The molecule has 0 radical (unpaired) electrons. The predicted octanol–water partition coefficient (Wildman–Crippen LogP) is 4.60.